The van der Waals surface area contributed by atoms with E-state index in [9.17, 15) is 4.79 Å². The molecule has 0 saturated heterocycles. The lowest BCUT2D eigenvalue weighted by Crippen LogP contribution is -2.08. The summed E-state index contributed by atoms with van der Waals surface area (Å²) in [6, 6.07) is 0. The first kappa shape index (κ1) is 5.48. The molecule has 1 atom stereocenters. The molecule has 2 nitrogen and oxygen atoms in total. The molecule has 8 heavy (non-hydrogen) atoms. The standard InChI is InChI=1S/C6H8NO/c8-5-6-1-3-7-4-2-6/h5-6H,1-3H2. The second-order valence-corrected chi connectivity index (χ2v) is 1.93. The van der Waals surface area contributed by atoms with Gasteiger partial charge in [0.25, 0.3) is 0 Å². The zero-order valence-electron chi connectivity index (χ0n) is 4.63. The van der Waals surface area contributed by atoms with Gasteiger partial charge in [-0.1, -0.05) is 0 Å². The fourth-order valence-electron chi connectivity index (χ4n) is 0.709. The van der Waals surface area contributed by atoms with Gasteiger partial charge in [-0.3, -0.25) is 4.99 Å². The summed E-state index contributed by atoms with van der Waals surface area (Å²) in [6.45, 7) is 0.781. The Bertz CT molecular complexity index is 109. The predicted molar refractivity (Wildman–Crippen MR) is 31.1 cm³/mol. The van der Waals surface area contributed by atoms with Crippen LogP contribution in [0.3, 0.4) is 0 Å². The molecule has 43 valence electrons. The first-order chi connectivity index (χ1) is 3.93. The van der Waals surface area contributed by atoms with Gasteiger partial charge in [0.1, 0.15) is 6.29 Å². The molecule has 0 bridgehead atoms. The van der Waals surface area contributed by atoms with Crippen molar-refractivity contribution in [3.8, 4) is 0 Å². The molecule has 1 radical (unpaired) electrons. The van der Waals surface area contributed by atoms with Crippen LogP contribution in [-0.4, -0.2) is 19.0 Å². The van der Waals surface area contributed by atoms with E-state index in [1.54, 1.807) is 0 Å². The summed E-state index contributed by atoms with van der Waals surface area (Å²) >= 11 is 0. The maximum atomic E-state index is 10.1. The molecule has 1 rings (SSSR count). The number of carbonyl (C=O) groups is 1. The van der Waals surface area contributed by atoms with E-state index in [0.717, 1.165) is 25.7 Å². The van der Waals surface area contributed by atoms with Gasteiger partial charge in [0, 0.05) is 18.9 Å². The molecule has 0 saturated carbocycles. The van der Waals surface area contributed by atoms with Crippen LogP contribution in [0.5, 0.6) is 0 Å². The summed E-state index contributed by atoms with van der Waals surface area (Å²) < 4.78 is 0. The van der Waals surface area contributed by atoms with E-state index >= 15 is 0 Å². The molecule has 1 aliphatic rings. The Hall–Kier alpha value is -0.660. The molecule has 0 aromatic heterocycles. The normalized spacial score (nSPS) is 27.8. The smallest absolute Gasteiger partial charge is 0.123 e. The highest BCUT2D eigenvalue weighted by Crippen LogP contribution is 2.07. The van der Waals surface area contributed by atoms with E-state index in [4.69, 9.17) is 0 Å². The quantitative estimate of drug-likeness (QED) is 0.453. The van der Waals surface area contributed by atoms with Crippen molar-refractivity contribution in [3.05, 3.63) is 0 Å². The largest absolute Gasteiger partial charge is 0.303 e. The van der Waals surface area contributed by atoms with Crippen molar-refractivity contribution in [2.45, 2.75) is 12.8 Å². The topological polar surface area (TPSA) is 29.4 Å². The molecule has 1 heterocycles. The molecule has 0 fully saturated rings. The molecule has 1 aliphatic heterocycles. The Labute approximate surface area is 48.6 Å². The van der Waals surface area contributed by atoms with Crippen molar-refractivity contribution in [1.82, 2.24) is 0 Å². The number of hydrogen-bond acceptors (Lipinski definition) is 2. The Morgan fingerprint density at radius 2 is 2.62 bits per heavy atom. The molecule has 0 aliphatic carbocycles. The highest BCUT2D eigenvalue weighted by molar-refractivity contribution is 5.66. The van der Waals surface area contributed by atoms with Gasteiger partial charge in [-0.05, 0) is 6.42 Å². The Kier molecular flexibility index (Phi) is 1.78. The van der Waals surface area contributed by atoms with Crippen molar-refractivity contribution in [2.24, 2.45) is 10.9 Å². The van der Waals surface area contributed by atoms with Crippen molar-refractivity contribution >= 4 is 12.5 Å². The first-order valence-electron chi connectivity index (χ1n) is 2.78. The van der Waals surface area contributed by atoms with Crippen LogP contribution in [0.2, 0.25) is 0 Å². The summed E-state index contributed by atoms with van der Waals surface area (Å²) in [6.07, 6.45) is 5.41. The van der Waals surface area contributed by atoms with Crippen molar-refractivity contribution in [1.29, 1.82) is 0 Å². The van der Waals surface area contributed by atoms with Gasteiger partial charge >= 0.3 is 0 Å². The van der Waals surface area contributed by atoms with E-state index in [-0.39, 0.29) is 5.92 Å². The third-order valence-electron chi connectivity index (χ3n) is 1.27. The lowest BCUT2D eigenvalue weighted by molar-refractivity contribution is -0.111. The number of rotatable bonds is 1. The van der Waals surface area contributed by atoms with Crippen molar-refractivity contribution < 1.29 is 4.79 Å². The maximum Gasteiger partial charge on any atom is 0.123 e. The van der Waals surface area contributed by atoms with Gasteiger partial charge in [0.2, 0.25) is 0 Å². The third-order valence-corrected chi connectivity index (χ3v) is 1.27. The average molecular weight is 110 g/mol. The minimum atomic E-state index is 0.201. The summed E-state index contributed by atoms with van der Waals surface area (Å²) in [4.78, 5) is 13.9. The molecule has 0 N–H and O–H groups in total. The van der Waals surface area contributed by atoms with E-state index in [1.165, 1.54) is 0 Å². The van der Waals surface area contributed by atoms with Gasteiger partial charge in [-0.2, -0.15) is 0 Å². The SMILES string of the molecule is O=CC1C[C]=NCC1. The van der Waals surface area contributed by atoms with Crippen LogP contribution in [0.1, 0.15) is 12.8 Å². The molecule has 2 heteroatoms. The van der Waals surface area contributed by atoms with Gasteiger partial charge in [0.05, 0.1) is 6.21 Å². The van der Waals surface area contributed by atoms with Crippen molar-refractivity contribution in [3.63, 3.8) is 0 Å². The predicted octanol–water partition coefficient (Wildman–Crippen LogP) is 0.543. The van der Waals surface area contributed by atoms with Crippen LogP contribution >= 0.6 is 0 Å². The Morgan fingerprint density at radius 1 is 1.75 bits per heavy atom. The Morgan fingerprint density at radius 3 is 3.00 bits per heavy atom. The van der Waals surface area contributed by atoms with Crippen LogP contribution in [0, 0.1) is 5.92 Å². The number of aliphatic imine (C=N–C) groups is 1. The molecular formula is C6H8NO. The van der Waals surface area contributed by atoms with Crippen LogP contribution < -0.4 is 0 Å². The number of nitrogens with zero attached hydrogens (tertiary/aromatic N) is 1. The second-order valence-electron chi connectivity index (χ2n) is 1.93. The average Bonchev–Trinajstić information content (AvgIpc) is 1.90. The maximum absolute atomic E-state index is 10.1. The number of carbonyl (C=O) groups excluding carboxylic acids is 1. The molecule has 0 spiro atoms. The molecule has 0 aromatic carbocycles. The number of aldehydes is 1. The zero-order valence-corrected chi connectivity index (χ0v) is 4.63. The molecule has 0 amide bonds. The summed E-state index contributed by atoms with van der Waals surface area (Å²) in [5, 5.41) is 0. The fourth-order valence-corrected chi connectivity index (χ4v) is 0.709. The number of hydrogen-bond donors (Lipinski definition) is 0. The van der Waals surface area contributed by atoms with E-state index in [2.05, 4.69) is 11.2 Å². The second kappa shape index (κ2) is 2.60. The van der Waals surface area contributed by atoms with Crippen LogP contribution in [0.4, 0.5) is 0 Å². The minimum absolute atomic E-state index is 0.201. The van der Waals surface area contributed by atoms with Gasteiger partial charge in [-0.15, -0.1) is 0 Å². The van der Waals surface area contributed by atoms with Crippen LogP contribution in [0.15, 0.2) is 4.99 Å². The lowest BCUT2D eigenvalue weighted by Gasteiger charge is -2.07. The van der Waals surface area contributed by atoms with E-state index in [0.29, 0.717) is 0 Å². The molecular weight excluding hydrogens is 102 g/mol. The fraction of sp³-hybridized carbons (Fsp3) is 0.667. The van der Waals surface area contributed by atoms with Crippen LogP contribution in [0.25, 0.3) is 0 Å². The minimum Gasteiger partial charge on any atom is -0.303 e. The molecule has 1 unspecified atom stereocenters. The van der Waals surface area contributed by atoms with Gasteiger partial charge < -0.3 is 4.79 Å². The zero-order chi connectivity index (χ0) is 5.82. The molecule has 0 aromatic rings. The van der Waals surface area contributed by atoms with Gasteiger partial charge in [0.15, 0.2) is 0 Å². The third kappa shape index (κ3) is 1.15. The summed E-state index contributed by atoms with van der Waals surface area (Å²) in [5.41, 5.74) is 0. The highest BCUT2D eigenvalue weighted by atomic mass is 16.1. The van der Waals surface area contributed by atoms with E-state index in [1.807, 2.05) is 0 Å². The van der Waals surface area contributed by atoms with Crippen LogP contribution in [-0.2, 0) is 4.79 Å². The first-order valence-corrected chi connectivity index (χ1v) is 2.78. The summed E-state index contributed by atoms with van der Waals surface area (Å²) in [5.74, 6) is 0.201. The van der Waals surface area contributed by atoms with E-state index < -0.39 is 0 Å². The monoisotopic (exact) mass is 110 g/mol. The summed E-state index contributed by atoms with van der Waals surface area (Å²) in [7, 11) is 0. The van der Waals surface area contributed by atoms with Gasteiger partial charge in [-0.25, -0.2) is 0 Å². The Balaban J connectivity index is 2.37. The highest BCUT2D eigenvalue weighted by Gasteiger charge is 2.07. The van der Waals surface area contributed by atoms with Crippen molar-refractivity contribution in [2.75, 3.05) is 6.54 Å². The lowest BCUT2D eigenvalue weighted by atomic mass is 10.0.